The Kier molecular flexibility index (Phi) is 5.22. The quantitative estimate of drug-likeness (QED) is 0.219. The molecule has 7 heteroatoms. The van der Waals surface area contributed by atoms with E-state index >= 15 is 0 Å². The van der Waals surface area contributed by atoms with Crippen LogP contribution in [0.5, 0.6) is 0 Å². The molecule has 38 heavy (non-hydrogen) atoms. The Morgan fingerprint density at radius 3 is 2.32 bits per heavy atom. The van der Waals surface area contributed by atoms with E-state index in [0.29, 0.717) is 10.7 Å². The maximum absolute atomic E-state index is 14.1. The number of ketones is 1. The smallest absolute Gasteiger partial charge is 0.240 e. The number of carbonyl (C=O) groups excluding carboxylic acids is 3. The lowest BCUT2D eigenvalue weighted by Crippen LogP contribution is -2.44. The minimum atomic E-state index is -0.893. The van der Waals surface area contributed by atoms with Gasteiger partial charge in [-0.25, -0.2) is 4.90 Å². The molecule has 4 atom stereocenters. The molecule has 0 aliphatic carbocycles. The van der Waals surface area contributed by atoms with Crippen LogP contribution in [-0.2, 0) is 9.59 Å². The molecule has 5 nitrogen and oxygen atoms in total. The monoisotopic (exact) mass is 538 g/mol. The lowest BCUT2D eigenvalue weighted by atomic mass is 9.83. The number of hydrogen-bond acceptors (Lipinski definition) is 4. The summed E-state index contributed by atoms with van der Waals surface area (Å²) < 4.78 is 0. The average Bonchev–Trinajstić information content (AvgIpc) is 3.40. The van der Waals surface area contributed by atoms with Crippen molar-refractivity contribution in [1.29, 1.82) is 0 Å². The van der Waals surface area contributed by atoms with Crippen LogP contribution in [-0.4, -0.2) is 28.5 Å². The molecule has 186 valence electrons. The predicted octanol–water partition coefficient (Wildman–Crippen LogP) is 6.54. The summed E-state index contributed by atoms with van der Waals surface area (Å²) in [6.07, 6.45) is 3.76. The van der Waals surface area contributed by atoms with Gasteiger partial charge in [0.2, 0.25) is 11.8 Å². The van der Waals surface area contributed by atoms with Crippen molar-refractivity contribution in [2.45, 2.75) is 12.1 Å². The summed E-state index contributed by atoms with van der Waals surface area (Å²) in [6, 6.07) is 24.5. The number of benzene rings is 4. The van der Waals surface area contributed by atoms with Crippen molar-refractivity contribution >= 4 is 63.3 Å². The van der Waals surface area contributed by atoms with Gasteiger partial charge in [-0.1, -0.05) is 77.8 Å². The summed E-state index contributed by atoms with van der Waals surface area (Å²) in [5, 5.41) is 2.57. The van der Waals surface area contributed by atoms with Crippen molar-refractivity contribution in [3.8, 4) is 0 Å². The second kappa shape index (κ2) is 8.55. The first-order chi connectivity index (χ1) is 18.4. The van der Waals surface area contributed by atoms with E-state index in [2.05, 4.69) is 0 Å². The fraction of sp³-hybridized carbons (Fsp3) is 0.129. The molecule has 3 aliphatic rings. The van der Waals surface area contributed by atoms with Gasteiger partial charge in [0.05, 0.1) is 28.6 Å². The molecule has 0 unspecified atom stereocenters. The van der Waals surface area contributed by atoms with Gasteiger partial charge in [-0.2, -0.15) is 0 Å². The van der Waals surface area contributed by atoms with Crippen LogP contribution in [0.25, 0.3) is 16.8 Å². The molecule has 7 rings (SSSR count). The van der Waals surface area contributed by atoms with Gasteiger partial charge in [0.1, 0.15) is 6.04 Å². The zero-order valence-electron chi connectivity index (χ0n) is 19.9. The maximum atomic E-state index is 14.1. The van der Waals surface area contributed by atoms with Crippen molar-refractivity contribution in [1.82, 2.24) is 4.90 Å². The Labute approximate surface area is 228 Å². The predicted molar refractivity (Wildman–Crippen MR) is 148 cm³/mol. The van der Waals surface area contributed by atoms with Crippen LogP contribution in [0.2, 0.25) is 10.0 Å². The summed E-state index contributed by atoms with van der Waals surface area (Å²) in [4.78, 5) is 45.5. The van der Waals surface area contributed by atoms with E-state index < -0.39 is 23.9 Å². The Bertz CT molecular complexity index is 1710. The van der Waals surface area contributed by atoms with Gasteiger partial charge in [0, 0.05) is 16.8 Å². The number of nitrogens with zero attached hydrogens (tertiary/aromatic N) is 2. The summed E-state index contributed by atoms with van der Waals surface area (Å²) >= 11 is 12.5. The Morgan fingerprint density at radius 2 is 1.50 bits per heavy atom. The number of rotatable bonds is 3. The standard InChI is InChI=1S/C31H20Cl2N2O3/c32-20-10-12-23(24(33)16-20)29(36)28-26-25(27-22-8-4-3-6-18(22)13-14-34(27)28)30(37)35(31(26)38)21-11-9-17-5-1-2-7-19(17)15-21/h1-16,25-28H/t25-,26-,27-,28+/m1/s1. The Balaban J connectivity index is 1.38. The number of carbonyl (C=O) groups is 3. The number of hydrogen-bond donors (Lipinski definition) is 0. The van der Waals surface area contributed by atoms with Crippen molar-refractivity contribution < 1.29 is 14.4 Å². The molecule has 4 aromatic carbocycles. The summed E-state index contributed by atoms with van der Waals surface area (Å²) in [5.74, 6) is -2.57. The van der Waals surface area contributed by atoms with Crippen LogP contribution in [0.15, 0.2) is 91.1 Å². The first-order valence-electron chi connectivity index (χ1n) is 12.3. The van der Waals surface area contributed by atoms with Crippen molar-refractivity contribution in [2.75, 3.05) is 4.90 Å². The molecule has 2 amide bonds. The normalized spacial score (nSPS) is 23.5. The fourth-order valence-corrected chi connectivity index (χ4v) is 6.78. The first kappa shape index (κ1) is 23.2. The number of amides is 2. The van der Waals surface area contributed by atoms with E-state index in [1.165, 1.54) is 11.0 Å². The molecule has 0 spiro atoms. The van der Waals surface area contributed by atoms with Crippen LogP contribution in [0.1, 0.15) is 27.5 Å². The SMILES string of the molecule is O=C(c1ccc(Cl)cc1Cl)[C@@H]1[C@@H]2C(=O)N(c3ccc4ccccc4c3)C(=O)[C@H]2[C@H]2c3ccccc3C=CN12. The van der Waals surface area contributed by atoms with E-state index in [1.54, 1.807) is 18.2 Å². The molecule has 0 aromatic heterocycles. The fourth-order valence-electron chi connectivity index (χ4n) is 6.28. The van der Waals surface area contributed by atoms with Crippen molar-refractivity contribution in [2.24, 2.45) is 11.8 Å². The number of anilines is 1. The average molecular weight is 539 g/mol. The van der Waals surface area contributed by atoms with E-state index in [-0.39, 0.29) is 28.2 Å². The zero-order chi connectivity index (χ0) is 26.1. The van der Waals surface area contributed by atoms with Crippen LogP contribution < -0.4 is 4.90 Å². The van der Waals surface area contributed by atoms with Gasteiger partial charge in [0.25, 0.3) is 0 Å². The molecular formula is C31H20Cl2N2O3. The second-order valence-corrected chi connectivity index (χ2v) is 10.7. The third-order valence-corrected chi connectivity index (χ3v) is 8.47. The minimum Gasteiger partial charge on any atom is -0.358 e. The summed E-state index contributed by atoms with van der Waals surface area (Å²) in [5.41, 5.74) is 2.67. The van der Waals surface area contributed by atoms with Crippen LogP contribution in [0.3, 0.4) is 0 Å². The molecule has 0 radical (unpaired) electrons. The maximum Gasteiger partial charge on any atom is 0.240 e. The van der Waals surface area contributed by atoms with E-state index in [4.69, 9.17) is 23.2 Å². The molecule has 0 bridgehead atoms. The van der Waals surface area contributed by atoms with E-state index in [9.17, 15) is 14.4 Å². The largest absolute Gasteiger partial charge is 0.358 e. The highest BCUT2D eigenvalue weighted by atomic mass is 35.5. The van der Waals surface area contributed by atoms with Crippen molar-refractivity contribution in [3.05, 3.63) is 118 Å². The van der Waals surface area contributed by atoms with Gasteiger partial charge >= 0.3 is 0 Å². The number of halogens is 2. The molecule has 2 saturated heterocycles. The third kappa shape index (κ3) is 3.29. The highest BCUT2D eigenvalue weighted by Crippen LogP contribution is 2.54. The first-order valence-corrected chi connectivity index (χ1v) is 13.1. The lowest BCUT2D eigenvalue weighted by Gasteiger charge is -2.35. The van der Waals surface area contributed by atoms with Gasteiger partial charge in [0.15, 0.2) is 5.78 Å². The highest BCUT2D eigenvalue weighted by molar-refractivity contribution is 6.37. The minimum absolute atomic E-state index is 0.215. The molecule has 2 fully saturated rings. The topological polar surface area (TPSA) is 57.7 Å². The molecule has 3 heterocycles. The molecule has 0 N–H and O–H groups in total. The molecule has 3 aliphatic heterocycles. The number of fused-ring (bicyclic) bond motifs is 6. The Morgan fingerprint density at radius 1 is 0.763 bits per heavy atom. The van der Waals surface area contributed by atoms with Crippen LogP contribution in [0, 0.1) is 11.8 Å². The summed E-state index contributed by atoms with van der Waals surface area (Å²) in [6.45, 7) is 0. The lowest BCUT2D eigenvalue weighted by molar-refractivity contribution is -0.123. The number of imide groups is 1. The molecule has 4 aromatic rings. The summed E-state index contributed by atoms with van der Waals surface area (Å²) in [7, 11) is 0. The molecule has 0 saturated carbocycles. The van der Waals surface area contributed by atoms with Gasteiger partial charge in [-0.15, -0.1) is 0 Å². The highest BCUT2D eigenvalue weighted by Gasteiger charge is 2.64. The Hall–Kier alpha value is -3.93. The third-order valence-electron chi connectivity index (χ3n) is 7.92. The van der Waals surface area contributed by atoms with Crippen molar-refractivity contribution in [3.63, 3.8) is 0 Å². The van der Waals surface area contributed by atoms with Crippen LogP contribution in [0.4, 0.5) is 5.69 Å². The van der Waals surface area contributed by atoms with Gasteiger partial charge < -0.3 is 4.90 Å². The van der Waals surface area contributed by atoms with E-state index in [1.807, 2.05) is 77.8 Å². The van der Waals surface area contributed by atoms with Gasteiger partial charge in [-0.05, 0) is 58.3 Å². The van der Waals surface area contributed by atoms with Crippen LogP contribution >= 0.6 is 23.2 Å². The van der Waals surface area contributed by atoms with Gasteiger partial charge in [-0.3, -0.25) is 14.4 Å². The molecular weight excluding hydrogens is 519 g/mol. The number of Topliss-reactive ketones (excluding diaryl/α,β-unsaturated/α-hetero) is 1. The zero-order valence-corrected chi connectivity index (χ0v) is 21.4. The van der Waals surface area contributed by atoms with E-state index in [0.717, 1.165) is 21.9 Å². The second-order valence-electron chi connectivity index (χ2n) is 9.86.